The molecule has 138 valence electrons. The summed E-state index contributed by atoms with van der Waals surface area (Å²) in [4.78, 5) is 12.3. The fourth-order valence-electron chi connectivity index (χ4n) is 2.88. The number of hydrogen-bond donors (Lipinski definition) is 2. The first kappa shape index (κ1) is 18.4. The van der Waals surface area contributed by atoms with E-state index in [0.29, 0.717) is 36.3 Å². The third kappa shape index (κ3) is 4.41. The number of rotatable bonds is 5. The number of fused-ring (bicyclic) bond motifs is 1. The van der Waals surface area contributed by atoms with Crippen LogP contribution in [0.5, 0.6) is 11.5 Å². The molecule has 1 heterocycles. The van der Waals surface area contributed by atoms with Crippen molar-refractivity contribution in [3.8, 4) is 11.5 Å². The molecule has 3 rings (SSSR count). The second-order valence-electron chi connectivity index (χ2n) is 6.30. The Morgan fingerprint density at radius 3 is 2.65 bits per heavy atom. The van der Waals surface area contributed by atoms with E-state index in [1.165, 1.54) is 5.56 Å². The molecular formula is C20H23ClN2O3. The molecular weight excluding hydrogens is 352 g/mol. The summed E-state index contributed by atoms with van der Waals surface area (Å²) >= 11 is 6.23. The van der Waals surface area contributed by atoms with Crippen molar-refractivity contribution < 1.29 is 14.3 Å². The molecule has 6 heteroatoms. The molecule has 26 heavy (non-hydrogen) atoms. The minimum atomic E-state index is -0.219. The number of benzene rings is 2. The van der Waals surface area contributed by atoms with Crippen LogP contribution in [0.25, 0.3) is 0 Å². The first-order valence-corrected chi connectivity index (χ1v) is 9.13. The predicted molar refractivity (Wildman–Crippen MR) is 102 cm³/mol. The molecule has 2 aromatic rings. The van der Waals surface area contributed by atoms with Gasteiger partial charge in [0.15, 0.2) is 11.5 Å². The van der Waals surface area contributed by atoms with Crippen LogP contribution >= 0.6 is 11.6 Å². The molecule has 0 aliphatic carbocycles. The fourth-order valence-corrected chi connectivity index (χ4v) is 3.17. The highest BCUT2D eigenvalue weighted by Crippen LogP contribution is 2.38. The Morgan fingerprint density at radius 1 is 1.19 bits per heavy atom. The Kier molecular flexibility index (Phi) is 5.89. The second kappa shape index (κ2) is 8.32. The monoisotopic (exact) mass is 374 g/mol. The van der Waals surface area contributed by atoms with Crippen LogP contribution in [0.2, 0.25) is 5.02 Å². The van der Waals surface area contributed by atoms with Crippen LogP contribution < -0.4 is 20.1 Å². The van der Waals surface area contributed by atoms with Gasteiger partial charge in [-0.15, -0.1) is 0 Å². The van der Waals surface area contributed by atoms with Crippen molar-refractivity contribution in [2.75, 3.05) is 13.2 Å². The van der Waals surface area contributed by atoms with Gasteiger partial charge in [0.1, 0.15) is 13.2 Å². The maximum Gasteiger partial charge on any atom is 0.315 e. The van der Waals surface area contributed by atoms with Crippen molar-refractivity contribution in [1.29, 1.82) is 0 Å². The molecule has 2 aromatic carbocycles. The average Bonchev–Trinajstić information content (AvgIpc) is 2.65. The van der Waals surface area contributed by atoms with Crippen molar-refractivity contribution >= 4 is 17.6 Å². The number of aryl methyl sites for hydroxylation is 1. The van der Waals surface area contributed by atoms with Gasteiger partial charge in [0.25, 0.3) is 0 Å². The molecule has 0 saturated carbocycles. The Balaban J connectivity index is 1.60. The summed E-state index contributed by atoms with van der Waals surface area (Å²) in [6, 6.07) is 11.6. The molecule has 1 aliphatic heterocycles. The van der Waals surface area contributed by atoms with E-state index in [1.54, 1.807) is 6.07 Å². The lowest BCUT2D eigenvalue weighted by atomic mass is 10.0. The molecule has 0 fully saturated rings. The number of hydrogen-bond acceptors (Lipinski definition) is 3. The minimum Gasteiger partial charge on any atom is -0.486 e. The van der Waals surface area contributed by atoms with Gasteiger partial charge in [-0.3, -0.25) is 0 Å². The van der Waals surface area contributed by atoms with E-state index in [4.69, 9.17) is 21.1 Å². The predicted octanol–water partition coefficient (Wildman–Crippen LogP) is 4.37. The van der Waals surface area contributed by atoms with Crippen molar-refractivity contribution in [2.24, 2.45) is 0 Å². The fraction of sp³-hybridized carbons (Fsp3) is 0.350. The van der Waals surface area contributed by atoms with Crippen LogP contribution in [-0.2, 0) is 6.54 Å². The van der Waals surface area contributed by atoms with Crippen molar-refractivity contribution in [3.05, 3.63) is 58.1 Å². The molecule has 0 saturated heterocycles. The highest BCUT2D eigenvalue weighted by atomic mass is 35.5. The number of amides is 2. The molecule has 1 atom stereocenters. The molecule has 1 unspecified atom stereocenters. The number of urea groups is 1. The SMILES string of the molecule is CCC(NC(=O)NCc1cc(Cl)c2c(c1)OCCO2)c1ccc(C)cc1. The van der Waals surface area contributed by atoms with Gasteiger partial charge in [0.2, 0.25) is 0 Å². The Morgan fingerprint density at radius 2 is 1.92 bits per heavy atom. The van der Waals surface area contributed by atoms with E-state index in [-0.39, 0.29) is 12.1 Å². The molecule has 1 aliphatic rings. The standard InChI is InChI=1S/C20H23ClN2O3/c1-3-17(15-6-4-13(2)5-7-15)23-20(24)22-12-14-10-16(21)19-18(11-14)25-8-9-26-19/h4-7,10-11,17H,3,8-9,12H2,1-2H3,(H2,22,23,24). The maximum absolute atomic E-state index is 12.3. The van der Waals surface area contributed by atoms with E-state index in [0.717, 1.165) is 17.5 Å². The summed E-state index contributed by atoms with van der Waals surface area (Å²) in [6.45, 7) is 5.43. The highest BCUT2D eigenvalue weighted by molar-refractivity contribution is 6.32. The first-order chi connectivity index (χ1) is 12.6. The lowest BCUT2D eigenvalue weighted by molar-refractivity contribution is 0.171. The minimum absolute atomic E-state index is 0.0283. The quantitative estimate of drug-likeness (QED) is 0.816. The summed E-state index contributed by atoms with van der Waals surface area (Å²) < 4.78 is 11.1. The van der Waals surface area contributed by atoms with E-state index in [1.807, 2.05) is 32.0 Å². The molecule has 5 nitrogen and oxygen atoms in total. The number of nitrogens with one attached hydrogen (secondary N) is 2. The molecule has 0 spiro atoms. The largest absolute Gasteiger partial charge is 0.486 e. The van der Waals surface area contributed by atoms with E-state index in [2.05, 4.69) is 22.8 Å². The van der Waals surface area contributed by atoms with Gasteiger partial charge in [-0.25, -0.2) is 4.79 Å². The van der Waals surface area contributed by atoms with E-state index in [9.17, 15) is 4.79 Å². The van der Waals surface area contributed by atoms with Crippen LogP contribution in [0.15, 0.2) is 36.4 Å². The molecule has 0 radical (unpaired) electrons. The molecule has 2 amide bonds. The van der Waals surface area contributed by atoms with E-state index < -0.39 is 0 Å². The first-order valence-electron chi connectivity index (χ1n) is 8.75. The van der Waals surface area contributed by atoms with Gasteiger partial charge in [-0.1, -0.05) is 48.4 Å². The maximum atomic E-state index is 12.3. The van der Waals surface area contributed by atoms with Crippen LogP contribution in [0.1, 0.15) is 36.1 Å². The summed E-state index contributed by atoms with van der Waals surface area (Å²) in [6.07, 6.45) is 0.812. The summed E-state index contributed by atoms with van der Waals surface area (Å²) in [7, 11) is 0. The molecule has 0 bridgehead atoms. The zero-order chi connectivity index (χ0) is 18.5. The highest BCUT2D eigenvalue weighted by Gasteiger charge is 2.17. The van der Waals surface area contributed by atoms with Gasteiger partial charge in [-0.2, -0.15) is 0 Å². The van der Waals surface area contributed by atoms with Crippen molar-refractivity contribution in [2.45, 2.75) is 32.9 Å². The Bertz CT molecular complexity index is 777. The third-order valence-electron chi connectivity index (χ3n) is 4.30. The second-order valence-corrected chi connectivity index (χ2v) is 6.71. The zero-order valence-corrected chi connectivity index (χ0v) is 15.7. The topological polar surface area (TPSA) is 59.6 Å². The normalized spacial score (nSPS) is 13.8. The molecule has 2 N–H and O–H groups in total. The van der Waals surface area contributed by atoms with Crippen molar-refractivity contribution in [1.82, 2.24) is 10.6 Å². The molecule has 0 aromatic heterocycles. The summed E-state index contributed by atoms with van der Waals surface area (Å²) in [5, 5.41) is 6.38. The lowest BCUT2D eigenvalue weighted by Crippen LogP contribution is -2.37. The Labute approximate surface area is 158 Å². The lowest BCUT2D eigenvalue weighted by Gasteiger charge is -2.21. The smallest absolute Gasteiger partial charge is 0.315 e. The van der Waals surface area contributed by atoms with Crippen LogP contribution in [0, 0.1) is 6.92 Å². The third-order valence-corrected chi connectivity index (χ3v) is 4.58. The number of ether oxygens (including phenoxy) is 2. The number of carbonyl (C=O) groups excluding carboxylic acids is 1. The zero-order valence-electron chi connectivity index (χ0n) is 15.0. The van der Waals surface area contributed by atoms with Gasteiger partial charge in [0.05, 0.1) is 11.1 Å². The van der Waals surface area contributed by atoms with Crippen LogP contribution in [-0.4, -0.2) is 19.2 Å². The van der Waals surface area contributed by atoms with Gasteiger partial charge in [0, 0.05) is 6.54 Å². The summed E-state index contributed by atoms with van der Waals surface area (Å²) in [5.74, 6) is 1.18. The Hall–Kier alpha value is -2.40. The van der Waals surface area contributed by atoms with Gasteiger partial charge in [-0.05, 0) is 36.6 Å². The van der Waals surface area contributed by atoms with Gasteiger partial charge < -0.3 is 20.1 Å². The van der Waals surface area contributed by atoms with Crippen molar-refractivity contribution in [3.63, 3.8) is 0 Å². The summed E-state index contributed by atoms with van der Waals surface area (Å²) in [5.41, 5.74) is 3.15. The average molecular weight is 375 g/mol. The van der Waals surface area contributed by atoms with Crippen LogP contribution in [0.3, 0.4) is 0 Å². The van der Waals surface area contributed by atoms with E-state index >= 15 is 0 Å². The van der Waals surface area contributed by atoms with Crippen LogP contribution in [0.4, 0.5) is 4.79 Å². The number of halogens is 1. The van der Waals surface area contributed by atoms with Gasteiger partial charge >= 0.3 is 6.03 Å². The number of carbonyl (C=O) groups is 1.